The second-order valence-electron chi connectivity index (χ2n) is 5.06. The minimum atomic E-state index is 0.784. The monoisotopic (exact) mass is 290 g/mol. The van der Waals surface area contributed by atoms with E-state index in [1.165, 1.54) is 5.56 Å². The topological polar surface area (TPSA) is 62.8 Å². The number of benzene rings is 3. The van der Waals surface area contributed by atoms with Crippen molar-refractivity contribution in [3.63, 3.8) is 0 Å². The number of nitrogens with two attached hydrogens (primary N) is 1. The Labute approximate surface area is 129 Å². The van der Waals surface area contributed by atoms with Gasteiger partial charge >= 0.3 is 0 Å². The van der Waals surface area contributed by atoms with E-state index in [1.54, 1.807) is 0 Å². The predicted molar refractivity (Wildman–Crippen MR) is 91.3 cm³/mol. The van der Waals surface area contributed by atoms with Gasteiger partial charge in [-0.1, -0.05) is 59.8 Å². The molecule has 0 saturated carbocycles. The van der Waals surface area contributed by atoms with E-state index in [2.05, 4.69) is 46.0 Å². The number of nitrogens with one attached hydrogen (secondary N) is 1. The maximum atomic E-state index is 5.18. The molecule has 0 atom stereocenters. The molecule has 3 rings (SSSR count). The van der Waals surface area contributed by atoms with Crippen molar-refractivity contribution in [3.05, 3.63) is 72.3 Å². The summed E-state index contributed by atoms with van der Waals surface area (Å²) in [5.41, 5.74) is 3.21. The summed E-state index contributed by atoms with van der Waals surface area (Å²) < 4.78 is 0. The summed E-state index contributed by atoms with van der Waals surface area (Å²) in [7, 11) is 0. The molecule has 0 aliphatic rings. The predicted octanol–water partition coefficient (Wildman–Crippen LogP) is 4.45. The minimum absolute atomic E-state index is 0.784. The van der Waals surface area contributed by atoms with Gasteiger partial charge in [0.2, 0.25) is 0 Å². The third-order valence-electron chi connectivity index (χ3n) is 3.64. The van der Waals surface area contributed by atoms with Crippen LogP contribution in [0.25, 0.3) is 10.8 Å². The standard InChI is InChI=1S/C18H18N4/c19-22-21-18-11-10-17(15-8-4-5-9-16(15)18)20-13-12-14-6-2-1-3-7-14/h1-11,20H,12-13H2,(H2,19,21). The van der Waals surface area contributed by atoms with E-state index >= 15 is 0 Å². The highest BCUT2D eigenvalue weighted by Gasteiger charge is 2.05. The van der Waals surface area contributed by atoms with Crippen molar-refractivity contribution in [1.29, 1.82) is 0 Å². The fourth-order valence-electron chi connectivity index (χ4n) is 2.57. The van der Waals surface area contributed by atoms with Gasteiger partial charge in [-0.15, -0.1) is 5.11 Å². The Morgan fingerprint density at radius 3 is 2.32 bits per heavy atom. The van der Waals surface area contributed by atoms with E-state index in [-0.39, 0.29) is 0 Å². The first-order valence-electron chi connectivity index (χ1n) is 7.29. The van der Waals surface area contributed by atoms with E-state index in [1.807, 2.05) is 36.4 Å². The molecule has 0 aromatic heterocycles. The summed E-state index contributed by atoms with van der Waals surface area (Å²) in [5.74, 6) is 5.18. The molecule has 0 aliphatic carbocycles. The molecular formula is C18H18N4. The maximum Gasteiger partial charge on any atom is 0.0953 e. The average Bonchev–Trinajstić information content (AvgIpc) is 2.58. The zero-order valence-corrected chi connectivity index (χ0v) is 12.2. The lowest BCUT2D eigenvalue weighted by Gasteiger charge is -2.11. The highest BCUT2D eigenvalue weighted by atomic mass is 15.3. The molecular weight excluding hydrogens is 272 g/mol. The van der Waals surface area contributed by atoms with E-state index in [4.69, 9.17) is 5.84 Å². The largest absolute Gasteiger partial charge is 0.384 e. The maximum absolute atomic E-state index is 5.18. The van der Waals surface area contributed by atoms with Gasteiger partial charge in [-0.25, -0.2) is 0 Å². The van der Waals surface area contributed by atoms with Crippen LogP contribution in [0.1, 0.15) is 5.56 Å². The Balaban J connectivity index is 1.81. The van der Waals surface area contributed by atoms with Gasteiger partial charge in [-0.05, 0) is 24.1 Å². The summed E-state index contributed by atoms with van der Waals surface area (Å²) in [4.78, 5) is 0. The fraction of sp³-hybridized carbons (Fsp3) is 0.111. The summed E-state index contributed by atoms with van der Waals surface area (Å²) in [6.07, 6.45) is 0.986. The molecule has 110 valence electrons. The van der Waals surface area contributed by atoms with Gasteiger partial charge in [0.05, 0.1) is 5.69 Å². The quantitative estimate of drug-likeness (QED) is 0.414. The summed E-state index contributed by atoms with van der Waals surface area (Å²) in [6, 6.07) is 22.5. The Bertz CT molecular complexity index is 781. The SMILES string of the molecule is NN=Nc1ccc(NCCc2ccccc2)c2ccccc12. The summed E-state index contributed by atoms with van der Waals surface area (Å²) in [6.45, 7) is 0.881. The van der Waals surface area contributed by atoms with Gasteiger partial charge in [-0.3, -0.25) is 0 Å². The van der Waals surface area contributed by atoms with Crippen LogP contribution < -0.4 is 11.2 Å². The van der Waals surface area contributed by atoms with Crippen molar-refractivity contribution in [2.24, 2.45) is 16.2 Å². The van der Waals surface area contributed by atoms with Gasteiger partial charge in [0.15, 0.2) is 0 Å². The Morgan fingerprint density at radius 2 is 1.55 bits per heavy atom. The van der Waals surface area contributed by atoms with Crippen LogP contribution in [-0.2, 0) is 6.42 Å². The van der Waals surface area contributed by atoms with Crippen LogP contribution >= 0.6 is 0 Å². The van der Waals surface area contributed by atoms with Gasteiger partial charge in [0, 0.05) is 23.0 Å². The summed E-state index contributed by atoms with van der Waals surface area (Å²) >= 11 is 0. The minimum Gasteiger partial charge on any atom is -0.384 e. The van der Waals surface area contributed by atoms with Crippen molar-refractivity contribution in [2.75, 3.05) is 11.9 Å². The van der Waals surface area contributed by atoms with E-state index in [0.717, 1.165) is 35.1 Å². The number of hydrogen-bond donors (Lipinski definition) is 2. The number of anilines is 1. The van der Waals surface area contributed by atoms with Crippen molar-refractivity contribution in [3.8, 4) is 0 Å². The highest BCUT2D eigenvalue weighted by molar-refractivity contribution is 6.00. The molecule has 3 aromatic rings. The Morgan fingerprint density at radius 1 is 0.818 bits per heavy atom. The molecule has 3 aromatic carbocycles. The number of rotatable bonds is 5. The van der Waals surface area contributed by atoms with E-state index < -0.39 is 0 Å². The molecule has 0 heterocycles. The van der Waals surface area contributed by atoms with E-state index in [9.17, 15) is 0 Å². The van der Waals surface area contributed by atoms with Gasteiger partial charge in [0.25, 0.3) is 0 Å². The molecule has 0 amide bonds. The zero-order valence-electron chi connectivity index (χ0n) is 12.2. The third-order valence-corrected chi connectivity index (χ3v) is 3.64. The van der Waals surface area contributed by atoms with Crippen LogP contribution in [-0.4, -0.2) is 6.54 Å². The normalized spacial score (nSPS) is 11.1. The van der Waals surface area contributed by atoms with Crippen LogP contribution in [0, 0.1) is 0 Å². The van der Waals surface area contributed by atoms with Crippen LogP contribution in [0.5, 0.6) is 0 Å². The van der Waals surface area contributed by atoms with Crippen LogP contribution in [0.3, 0.4) is 0 Å². The van der Waals surface area contributed by atoms with Gasteiger partial charge < -0.3 is 11.2 Å². The summed E-state index contributed by atoms with van der Waals surface area (Å²) in [5, 5.41) is 13.0. The lowest BCUT2D eigenvalue weighted by molar-refractivity contribution is 1.02. The molecule has 0 radical (unpaired) electrons. The smallest absolute Gasteiger partial charge is 0.0953 e. The molecule has 0 fully saturated rings. The lowest BCUT2D eigenvalue weighted by atomic mass is 10.1. The Kier molecular flexibility index (Phi) is 4.30. The highest BCUT2D eigenvalue weighted by Crippen LogP contribution is 2.31. The molecule has 0 saturated heterocycles. The number of hydrogen-bond acceptors (Lipinski definition) is 3. The van der Waals surface area contributed by atoms with Crippen molar-refractivity contribution in [1.82, 2.24) is 0 Å². The first kappa shape index (κ1) is 14.1. The van der Waals surface area contributed by atoms with Crippen molar-refractivity contribution < 1.29 is 0 Å². The molecule has 22 heavy (non-hydrogen) atoms. The Hall–Kier alpha value is -2.88. The van der Waals surface area contributed by atoms with Crippen LogP contribution in [0.4, 0.5) is 11.4 Å². The first-order chi connectivity index (χ1) is 10.9. The molecule has 0 unspecified atom stereocenters. The molecule has 4 heteroatoms. The second kappa shape index (κ2) is 6.72. The van der Waals surface area contributed by atoms with Crippen LogP contribution in [0.15, 0.2) is 77.1 Å². The van der Waals surface area contributed by atoms with Crippen molar-refractivity contribution in [2.45, 2.75) is 6.42 Å². The van der Waals surface area contributed by atoms with Gasteiger partial charge in [0.1, 0.15) is 0 Å². The fourth-order valence-corrected chi connectivity index (χ4v) is 2.57. The molecule has 3 N–H and O–H groups in total. The van der Waals surface area contributed by atoms with Crippen LogP contribution in [0.2, 0.25) is 0 Å². The molecule has 0 spiro atoms. The van der Waals surface area contributed by atoms with Crippen molar-refractivity contribution >= 4 is 22.1 Å². The third kappa shape index (κ3) is 3.06. The molecule has 4 nitrogen and oxygen atoms in total. The second-order valence-corrected chi connectivity index (χ2v) is 5.06. The number of nitrogens with zero attached hydrogens (tertiary/aromatic N) is 2. The van der Waals surface area contributed by atoms with Gasteiger partial charge in [-0.2, -0.15) is 0 Å². The number of fused-ring (bicyclic) bond motifs is 1. The molecule has 0 bridgehead atoms. The lowest BCUT2D eigenvalue weighted by Crippen LogP contribution is -2.05. The zero-order chi connectivity index (χ0) is 15.2. The molecule has 0 aliphatic heterocycles. The van der Waals surface area contributed by atoms with E-state index in [0.29, 0.717) is 0 Å². The first-order valence-corrected chi connectivity index (χ1v) is 7.29. The average molecular weight is 290 g/mol.